The molecule has 110 valence electrons. The van der Waals surface area contributed by atoms with E-state index in [9.17, 15) is 4.79 Å². The highest BCUT2D eigenvalue weighted by molar-refractivity contribution is 5.93. The molecule has 0 aromatic heterocycles. The Hall–Kier alpha value is -1.35. The SMILES string of the molecule is CC(C)c1ccccc1NC(=O)C1CCCCC1CN. The molecule has 0 aliphatic heterocycles. The summed E-state index contributed by atoms with van der Waals surface area (Å²) in [6, 6.07) is 8.08. The predicted octanol–water partition coefficient (Wildman–Crippen LogP) is 3.51. The number of amides is 1. The molecule has 1 saturated carbocycles. The van der Waals surface area contributed by atoms with Gasteiger partial charge in [-0.05, 0) is 42.9 Å². The van der Waals surface area contributed by atoms with Gasteiger partial charge in [0.25, 0.3) is 0 Å². The van der Waals surface area contributed by atoms with Crippen molar-refractivity contribution in [2.45, 2.75) is 45.4 Å². The summed E-state index contributed by atoms with van der Waals surface area (Å²) in [7, 11) is 0. The molecule has 0 spiro atoms. The maximum atomic E-state index is 12.5. The average molecular weight is 274 g/mol. The molecular formula is C17H26N2O. The van der Waals surface area contributed by atoms with Gasteiger partial charge >= 0.3 is 0 Å². The number of rotatable bonds is 4. The van der Waals surface area contributed by atoms with Gasteiger partial charge in [-0.1, -0.05) is 44.9 Å². The van der Waals surface area contributed by atoms with Gasteiger partial charge in [-0.2, -0.15) is 0 Å². The van der Waals surface area contributed by atoms with Crippen molar-refractivity contribution in [3.63, 3.8) is 0 Å². The smallest absolute Gasteiger partial charge is 0.227 e. The van der Waals surface area contributed by atoms with E-state index < -0.39 is 0 Å². The van der Waals surface area contributed by atoms with Gasteiger partial charge in [-0.25, -0.2) is 0 Å². The summed E-state index contributed by atoms with van der Waals surface area (Å²) >= 11 is 0. The lowest BCUT2D eigenvalue weighted by Gasteiger charge is -2.30. The van der Waals surface area contributed by atoms with E-state index in [4.69, 9.17) is 5.73 Å². The van der Waals surface area contributed by atoms with E-state index in [2.05, 4.69) is 25.2 Å². The fraction of sp³-hybridized carbons (Fsp3) is 0.588. The van der Waals surface area contributed by atoms with E-state index in [1.165, 1.54) is 12.0 Å². The Morgan fingerprint density at radius 2 is 2.00 bits per heavy atom. The van der Waals surface area contributed by atoms with Crippen LogP contribution in [-0.4, -0.2) is 12.5 Å². The van der Waals surface area contributed by atoms with Gasteiger partial charge in [0.2, 0.25) is 5.91 Å². The quantitative estimate of drug-likeness (QED) is 0.882. The summed E-state index contributed by atoms with van der Waals surface area (Å²) in [6.45, 7) is 4.91. The minimum atomic E-state index is 0.0777. The standard InChI is InChI=1S/C17H26N2O/c1-12(2)14-8-5-6-10-16(14)19-17(20)15-9-4-3-7-13(15)11-18/h5-6,8,10,12-13,15H,3-4,7,9,11,18H2,1-2H3,(H,19,20). The third-order valence-electron chi connectivity index (χ3n) is 4.39. The molecule has 2 atom stereocenters. The van der Waals surface area contributed by atoms with Crippen LogP contribution in [0.25, 0.3) is 0 Å². The number of carbonyl (C=O) groups is 1. The van der Waals surface area contributed by atoms with Crippen LogP contribution < -0.4 is 11.1 Å². The molecule has 2 unspecified atom stereocenters. The van der Waals surface area contributed by atoms with Crippen molar-refractivity contribution in [3.05, 3.63) is 29.8 Å². The Morgan fingerprint density at radius 3 is 2.70 bits per heavy atom. The Labute approximate surface area is 121 Å². The van der Waals surface area contributed by atoms with Crippen LogP contribution in [0.5, 0.6) is 0 Å². The molecule has 1 amide bonds. The molecule has 1 aromatic rings. The number of carbonyl (C=O) groups excluding carboxylic acids is 1. The van der Waals surface area contributed by atoms with Crippen LogP contribution in [0.1, 0.15) is 51.0 Å². The van der Waals surface area contributed by atoms with Crippen molar-refractivity contribution < 1.29 is 4.79 Å². The van der Waals surface area contributed by atoms with Crippen molar-refractivity contribution in [2.24, 2.45) is 17.6 Å². The minimum absolute atomic E-state index is 0.0777. The van der Waals surface area contributed by atoms with Crippen molar-refractivity contribution in [1.82, 2.24) is 0 Å². The lowest BCUT2D eigenvalue weighted by Crippen LogP contribution is -2.35. The molecule has 1 fully saturated rings. The van der Waals surface area contributed by atoms with Gasteiger partial charge in [0.15, 0.2) is 0 Å². The van der Waals surface area contributed by atoms with E-state index in [1.807, 2.05) is 18.2 Å². The normalized spacial score (nSPS) is 22.8. The van der Waals surface area contributed by atoms with E-state index in [0.29, 0.717) is 18.4 Å². The first-order valence-electron chi connectivity index (χ1n) is 7.73. The number of para-hydroxylation sites is 1. The Balaban J connectivity index is 2.11. The third kappa shape index (κ3) is 3.40. The molecule has 1 aromatic carbocycles. The highest BCUT2D eigenvalue weighted by atomic mass is 16.1. The van der Waals surface area contributed by atoms with E-state index >= 15 is 0 Å². The van der Waals surface area contributed by atoms with Crippen molar-refractivity contribution in [2.75, 3.05) is 11.9 Å². The fourth-order valence-corrected chi connectivity index (χ4v) is 3.17. The van der Waals surface area contributed by atoms with Gasteiger partial charge < -0.3 is 11.1 Å². The minimum Gasteiger partial charge on any atom is -0.330 e. The zero-order valence-electron chi connectivity index (χ0n) is 12.6. The summed E-state index contributed by atoms with van der Waals surface area (Å²) < 4.78 is 0. The molecule has 3 heteroatoms. The number of hydrogen-bond acceptors (Lipinski definition) is 2. The first-order chi connectivity index (χ1) is 9.63. The third-order valence-corrected chi connectivity index (χ3v) is 4.39. The Bertz CT molecular complexity index is 456. The number of hydrogen-bond donors (Lipinski definition) is 2. The maximum Gasteiger partial charge on any atom is 0.227 e. The molecule has 1 aliphatic rings. The van der Waals surface area contributed by atoms with Crippen molar-refractivity contribution >= 4 is 11.6 Å². The molecular weight excluding hydrogens is 248 g/mol. The van der Waals surface area contributed by atoms with E-state index in [-0.39, 0.29) is 11.8 Å². The lowest BCUT2D eigenvalue weighted by atomic mass is 9.78. The highest BCUT2D eigenvalue weighted by Crippen LogP contribution is 2.31. The summed E-state index contributed by atoms with van der Waals surface area (Å²) in [4.78, 5) is 12.5. The Kier molecular flexibility index (Phi) is 5.18. The van der Waals surface area contributed by atoms with Crippen LogP contribution in [0.2, 0.25) is 0 Å². The summed E-state index contributed by atoms with van der Waals surface area (Å²) in [5.41, 5.74) is 7.97. The van der Waals surface area contributed by atoms with Crippen molar-refractivity contribution in [1.29, 1.82) is 0 Å². The topological polar surface area (TPSA) is 55.1 Å². The average Bonchev–Trinajstić information content (AvgIpc) is 2.47. The van der Waals surface area contributed by atoms with Gasteiger partial charge in [0, 0.05) is 11.6 Å². The molecule has 2 rings (SSSR count). The first-order valence-corrected chi connectivity index (χ1v) is 7.73. The zero-order valence-corrected chi connectivity index (χ0v) is 12.6. The molecule has 0 heterocycles. The molecule has 3 N–H and O–H groups in total. The largest absolute Gasteiger partial charge is 0.330 e. The second-order valence-corrected chi connectivity index (χ2v) is 6.12. The van der Waals surface area contributed by atoms with Crippen LogP contribution in [-0.2, 0) is 4.79 Å². The fourth-order valence-electron chi connectivity index (χ4n) is 3.17. The van der Waals surface area contributed by atoms with Crippen molar-refractivity contribution in [3.8, 4) is 0 Å². The number of nitrogens with one attached hydrogen (secondary N) is 1. The van der Waals surface area contributed by atoms with Crippen LogP contribution >= 0.6 is 0 Å². The van der Waals surface area contributed by atoms with Gasteiger partial charge in [0.05, 0.1) is 0 Å². The van der Waals surface area contributed by atoms with E-state index in [1.54, 1.807) is 0 Å². The van der Waals surface area contributed by atoms with Gasteiger partial charge in [-0.15, -0.1) is 0 Å². The van der Waals surface area contributed by atoms with Crippen LogP contribution in [0, 0.1) is 11.8 Å². The summed E-state index contributed by atoms with van der Waals surface area (Å²) in [5, 5.41) is 3.13. The van der Waals surface area contributed by atoms with Crippen LogP contribution in [0.15, 0.2) is 24.3 Å². The molecule has 1 aliphatic carbocycles. The summed E-state index contributed by atoms with van der Waals surface area (Å²) in [5.74, 6) is 0.973. The second-order valence-electron chi connectivity index (χ2n) is 6.12. The van der Waals surface area contributed by atoms with E-state index in [0.717, 1.165) is 24.9 Å². The predicted molar refractivity (Wildman–Crippen MR) is 83.7 cm³/mol. The molecule has 20 heavy (non-hydrogen) atoms. The maximum absolute atomic E-state index is 12.5. The van der Waals surface area contributed by atoms with Crippen LogP contribution in [0.3, 0.4) is 0 Å². The molecule has 0 bridgehead atoms. The number of anilines is 1. The van der Waals surface area contributed by atoms with Crippen LogP contribution in [0.4, 0.5) is 5.69 Å². The second kappa shape index (κ2) is 6.89. The number of nitrogens with two attached hydrogens (primary N) is 1. The Morgan fingerprint density at radius 1 is 1.30 bits per heavy atom. The number of benzene rings is 1. The lowest BCUT2D eigenvalue weighted by molar-refractivity contribution is -0.122. The van der Waals surface area contributed by atoms with Gasteiger partial charge in [-0.3, -0.25) is 4.79 Å². The highest BCUT2D eigenvalue weighted by Gasteiger charge is 2.30. The first kappa shape index (κ1) is 15.0. The summed E-state index contributed by atoms with van der Waals surface area (Å²) in [6.07, 6.45) is 4.40. The molecule has 0 radical (unpaired) electrons. The van der Waals surface area contributed by atoms with Gasteiger partial charge in [0.1, 0.15) is 0 Å². The molecule has 3 nitrogen and oxygen atoms in total. The molecule has 0 saturated heterocycles. The zero-order chi connectivity index (χ0) is 14.5. The monoisotopic (exact) mass is 274 g/mol.